The van der Waals surface area contributed by atoms with Gasteiger partial charge in [0.05, 0.1) is 6.07 Å². The molecule has 0 bridgehead atoms. The van der Waals surface area contributed by atoms with Crippen LogP contribution in [-0.4, -0.2) is 34.8 Å². The van der Waals surface area contributed by atoms with Gasteiger partial charge < -0.3 is 14.2 Å². The second kappa shape index (κ2) is 6.23. The van der Waals surface area contributed by atoms with Gasteiger partial charge in [0.2, 0.25) is 0 Å². The molecule has 1 saturated heterocycles. The van der Waals surface area contributed by atoms with Gasteiger partial charge in [-0.3, -0.25) is 0 Å². The Kier molecular flexibility index (Phi) is 4.69. The van der Waals surface area contributed by atoms with Crippen molar-refractivity contribution in [1.29, 1.82) is 5.26 Å². The molecular weight excluding hydrogens is 294 g/mol. The van der Waals surface area contributed by atoms with E-state index in [4.69, 9.17) is 9.26 Å². The molecule has 0 aromatic carbocycles. The van der Waals surface area contributed by atoms with Crippen molar-refractivity contribution in [3.63, 3.8) is 0 Å². The molecule has 0 radical (unpaired) electrons. The van der Waals surface area contributed by atoms with Crippen LogP contribution in [0.2, 0.25) is 0 Å². The van der Waals surface area contributed by atoms with Gasteiger partial charge in [-0.05, 0) is 33.6 Å². The lowest BCUT2D eigenvalue weighted by Crippen LogP contribution is -2.46. The molecule has 0 atom stereocenters. The monoisotopic (exact) mass is 319 g/mol. The van der Waals surface area contributed by atoms with Crippen molar-refractivity contribution in [2.24, 2.45) is 0 Å². The highest BCUT2D eigenvalue weighted by atomic mass is 16.6. The number of amides is 1. The van der Waals surface area contributed by atoms with E-state index in [1.54, 1.807) is 4.90 Å². The number of nitriles is 1. The van der Waals surface area contributed by atoms with E-state index in [1.165, 1.54) is 0 Å². The molecular formula is C17H25N3O3. The molecule has 0 unspecified atom stereocenters. The van der Waals surface area contributed by atoms with Crippen LogP contribution < -0.4 is 0 Å². The Bertz CT molecular complexity index is 599. The third-order valence-electron chi connectivity index (χ3n) is 4.07. The van der Waals surface area contributed by atoms with Crippen LogP contribution in [0.5, 0.6) is 0 Å². The first kappa shape index (κ1) is 17.3. The van der Waals surface area contributed by atoms with Gasteiger partial charge in [0, 0.05) is 25.1 Å². The molecule has 1 amide bonds. The van der Waals surface area contributed by atoms with E-state index in [1.807, 2.05) is 40.7 Å². The van der Waals surface area contributed by atoms with Crippen molar-refractivity contribution in [3.05, 3.63) is 17.5 Å². The number of ether oxygens (including phenoxy) is 1. The average molecular weight is 319 g/mol. The summed E-state index contributed by atoms with van der Waals surface area (Å²) >= 11 is 0. The number of carbonyl (C=O) groups excluding carboxylic acids is 1. The first-order chi connectivity index (χ1) is 10.7. The lowest BCUT2D eigenvalue weighted by atomic mass is 9.77. The minimum atomic E-state index is -0.685. The zero-order valence-electron chi connectivity index (χ0n) is 14.5. The van der Waals surface area contributed by atoms with E-state index in [0.29, 0.717) is 31.6 Å². The lowest BCUT2D eigenvalue weighted by molar-refractivity contribution is 0.0183. The maximum atomic E-state index is 12.1. The number of hydrogen-bond donors (Lipinski definition) is 0. The third-order valence-corrected chi connectivity index (χ3v) is 4.07. The summed E-state index contributed by atoms with van der Waals surface area (Å²) < 4.78 is 10.7. The quantitative estimate of drug-likeness (QED) is 0.832. The van der Waals surface area contributed by atoms with E-state index in [9.17, 15) is 10.1 Å². The normalized spacial score (nSPS) is 17.9. The third kappa shape index (κ3) is 3.84. The first-order valence-electron chi connectivity index (χ1n) is 8.03. The Balaban J connectivity index is 2.08. The summed E-state index contributed by atoms with van der Waals surface area (Å²) in [6.45, 7) is 10.5. The molecule has 1 fully saturated rings. The maximum Gasteiger partial charge on any atom is 0.410 e. The molecule has 23 heavy (non-hydrogen) atoms. The molecule has 2 rings (SSSR count). The van der Waals surface area contributed by atoms with Crippen LogP contribution in [-0.2, 0) is 10.2 Å². The predicted octanol–water partition coefficient (Wildman–Crippen LogP) is 3.59. The molecule has 6 heteroatoms. The molecule has 126 valence electrons. The zero-order chi connectivity index (χ0) is 17.3. The number of piperidine rings is 1. The molecule has 1 aliphatic rings. The number of likely N-dealkylation sites (tertiary alicyclic amines) is 1. The fourth-order valence-corrected chi connectivity index (χ4v) is 2.61. The van der Waals surface area contributed by atoms with E-state index in [2.05, 4.69) is 11.2 Å². The van der Waals surface area contributed by atoms with Crippen molar-refractivity contribution >= 4 is 6.09 Å². The fourth-order valence-electron chi connectivity index (χ4n) is 2.61. The minimum absolute atomic E-state index is 0.230. The van der Waals surface area contributed by atoms with Crippen molar-refractivity contribution < 1.29 is 14.1 Å². The number of carbonyl (C=O) groups is 1. The molecule has 6 nitrogen and oxygen atoms in total. The van der Waals surface area contributed by atoms with Crippen LogP contribution in [0.15, 0.2) is 10.6 Å². The Morgan fingerprint density at radius 3 is 2.48 bits per heavy atom. The van der Waals surface area contributed by atoms with Gasteiger partial charge in [0.1, 0.15) is 22.5 Å². The van der Waals surface area contributed by atoms with Crippen molar-refractivity contribution in [2.75, 3.05) is 13.1 Å². The summed E-state index contributed by atoms with van der Waals surface area (Å²) in [5.74, 6) is 1.01. The molecule has 1 aliphatic heterocycles. The second-order valence-electron chi connectivity index (χ2n) is 7.43. The van der Waals surface area contributed by atoms with Crippen LogP contribution in [0.3, 0.4) is 0 Å². The van der Waals surface area contributed by atoms with Gasteiger partial charge in [0.15, 0.2) is 0 Å². The molecule has 0 aliphatic carbocycles. The SMILES string of the molecule is CC(C)c1cc(C2(C#N)CCN(C(=O)OC(C)(C)C)CC2)no1. The van der Waals surface area contributed by atoms with E-state index in [0.717, 1.165) is 5.76 Å². The summed E-state index contributed by atoms with van der Waals surface area (Å²) in [5.41, 5.74) is -0.526. The summed E-state index contributed by atoms with van der Waals surface area (Å²) in [7, 11) is 0. The molecule has 0 saturated carbocycles. The van der Waals surface area contributed by atoms with Gasteiger partial charge in [-0.15, -0.1) is 0 Å². The number of rotatable bonds is 2. The Morgan fingerprint density at radius 1 is 1.43 bits per heavy atom. The van der Waals surface area contributed by atoms with Crippen LogP contribution >= 0.6 is 0 Å². The van der Waals surface area contributed by atoms with Gasteiger partial charge in [-0.2, -0.15) is 5.26 Å². The molecule has 1 aromatic rings. The predicted molar refractivity (Wildman–Crippen MR) is 84.9 cm³/mol. The topological polar surface area (TPSA) is 79.4 Å². The van der Waals surface area contributed by atoms with E-state index in [-0.39, 0.29) is 12.0 Å². The Hall–Kier alpha value is -2.03. The van der Waals surface area contributed by atoms with Gasteiger partial charge in [-0.1, -0.05) is 19.0 Å². The first-order valence-corrected chi connectivity index (χ1v) is 8.03. The fraction of sp³-hybridized carbons (Fsp3) is 0.706. The summed E-state index contributed by atoms with van der Waals surface area (Å²) in [6.07, 6.45) is 0.742. The van der Waals surface area contributed by atoms with Crippen molar-refractivity contribution in [2.45, 2.75) is 64.4 Å². The van der Waals surface area contributed by atoms with E-state index < -0.39 is 11.0 Å². The number of aromatic nitrogens is 1. The number of hydrogen-bond acceptors (Lipinski definition) is 5. The van der Waals surface area contributed by atoms with Crippen LogP contribution in [0.1, 0.15) is 64.8 Å². The highest BCUT2D eigenvalue weighted by Crippen LogP contribution is 2.35. The highest BCUT2D eigenvalue weighted by molar-refractivity contribution is 5.68. The standard InChI is InChI=1S/C17H25N3O3/c1-12(2)13-10-14(19-23-13)17(11-18)6-8-20(9-7-17)15(21)22-16(3,4)5/h10,12H,6-9H2,1-5H3. The van der Waals surface area contributed by atoms with Crippen molar-refractivity contribution in [3.8, 4) is 6.07 Å². The van der Waals surface area contributed by atoms with Gasteiger partial charge in [-0.25, -0.2) is 4.79 Å². The Morgan fingerprint density at radius 2 is 2.04 bits per heavy atom. The molecule has 0 spiro atoms. The molecule has 1 aromatic heterocycles. The van der Waals surface area contributed by atoms with Gasteiger partial charge in [0.25, 0.3) is 0 Å². The van der Waals surface area contributed by atoms with Crippen LogP contribution in [0.25, 0.3) is 0 Å². The Labute approximate surface area is 137 Å². The smallest absolute Gasteiger partial charge is 0.410 e. The van der Waals surface area contributed by atoms with E-state index >= 15 is 0 Å². The average Bonchev–Trinajstić information content (AvgIpc) is 2.96. The van der Waals surface area contributed by atoms with Crippen molar-refractivity contribution in [1.82, 2.24) is 10.1 Å². The van der Waals surface area contributed by atoms with Gasteiger partial charge >= 0.3 is 6.09 Å². The van der Waals surface area contributed by atoms with Crippen LogP contribution in [0.4, 0.5) is 4.79 Å². The summed E-state index contributed by atoms with van der Waals surface area (Å²) in [5, 5.41) is 13.8. The second-order valence-corrected chi connectivity index (χ2v) is 7.43. The van der Waals surface area contributed by atoms with Crippen LogP contribution in [0, 0.1) is 11.3 Å². The zero-order valence-corrected chi connectivity index (χ0v) is 14.5. The largest absolute Gasteiger partial charge is 0.444 e. The molecule has 0 N–H and O–H groups in total. The summed E-state index contributed by atoms with van der Waals surface area (Å²) in [4.78, 5) is 13.8. The highest BCUT2D eigenvalue weighted by Gasteiger charge is 2.41. The number of nitrogens with zero attached hydrogens (tertiary/aromatic N) is 3. The molecule has 2 heterocycles. The minimum Gasteiger partial charge on any atom is -0.444 e. The lowest BCUT2D eigenvalue weighted by Gasteiger charge is -2.36. The maximum absolute atomic E-state index is 12.1. The summed E-state index contributed by atoms with van der Waals surface area (Å²) in [6, 6.07) is 4.26.